The number of hydrogen-bond donors (Lipinski definition) is 3. The van der Waals surface area contributed by atoms with Crippen molar-refractivity contribution in [2.45, 2.75) is 18.6 Å². The van der Waals surface area contributed by atoms with E-state index in [0.29, 0.717) is 6.54 Å². The smallest absolute Gasteiger partial charge is 0.305 e. The van der Waals surface area contributed by atoms with Gasteiger partial charge in [0.15, 0.2) is 0 Å². The zero-order chi connectivity index (χ0) is 6.85. The molecule has 0 amide bonds. The molecule has 3 N–H and O–H groups in total. The molecule has 0 bridgehead atoms. The Labute approximate surface area is 52.5 Å². The van der Waals surface area contributed by atoms with Crippen LogP contribution in [-0.4, -0.2) is 34.9 Å². The van der Waals surface area contributed by atoms with Gasteiger partial charge in [-0.05, 0) is 0 Å². The first-order valence-electron chi connectivity index (χ1n) is 2.83. The molecule has 0 saturated carbocycles. The van der Waals surface area contributed by atoms with E-state index in [-0.39, 0.29) is 12.5 Å². The van der Waals surface area contributed by atoms with Crippen LogP contribution in [0.1, 0.15) is 6.42 Å². The number of rotatable bonds is 2. The SMILES string of the molecule is O=C(O)CC1NCC1O. The Hall–Kier alpha value is -0.610. The standard InChI is InChI=1S/C5H9NO3/c7-4-2-6-3(4)1-5(8)9/h3-4,6-7H,1-2H2,(H,8,9). The third kappa shape index (κ3) is 1.40. The van der Waals surface area contributed by atoms with Crippen LogP contribution in [-0.2, 0) is 4.79 Å². The van der Waals surface area contributed by atoms with E-state index in [4.69, 9.17) is 10.2 Å². The van der Waals surface area contributed by atoms with E-state index in [1.165, 1.54) is 0 Å². The predicted octanol–water partition coefficient (Wildman–Crippen LogP) is -1.21. The second-order valence-electron chi connectivity index (χ2n) is 2.18. The summed E-state index contributed by atoms with van der Waals surface area (Å²) in [7, 11) is 0. The maximum atomic E-state index is 10.00. The highest BCUT2D eigenvalue weighted by Crippen LogP contribution is 2.06. The van der Waals surface area contributed by atoms with Gasteiger partial charge in [-0.2, -0.15) is 0 Å². The maximum absolute atomic E-state index is 10.00. The van der Waals surface area contributed by atoms with Crippen molar-refractivity contribution in [3.8, 4) is 0 Å². The number of aliphatic carboxylic acids is 1. The minimum absolute atomic E-state index is 0.0150. The van der Waals surface area contributed by atoms with Gasteiger partial charge in [-0.15, -0.1) is 0 Å². The number of carboxylic acid groups (broad SMARTS) is 1. The van der Waals surface area contributed by atoms with Crippen LogP contribution in [0.15, 0.2) is 0 Å². The van der Waals surface area contributed by atoms with E-state index in [9.17, 15) is 4.79 Å². The molecule has 2 unspecified atom stereocenters. The highest BCUT2D eigenvalue weighted by Gasteiger charge is 2.29. The Balaban J connectivity index is 2.21. The van der Waals surface area contributed by atoms with Crippen molar-refractivity contribution in [3.05, 3.63) is 0 Å². The van der Waals surface area contributed by atoms with E-state index in [2.05, 4.69) is 5.32 Å². The van der Waals surface area contributed by atoms with Gasteiger partial charge in [0.05, 0.1) is 12.5 Å². The molecule has 1 aliphatic heterocycles. The van der Waals surface area contributed by atoms with Crippen LogP contribution < -0.4 is 5.32 Å². The maximum Gasteiger partial charge on any atom is 0.305 e. The number of carboxylic acids is 1. The molecule has 0 aromatic carbocycles. The van der Waals surface area contributed by atoms with Gasteiger partial charge in [0.2, 0.25) is 0 Å². The molecule has 0 spiro atoms. The molecule has 4 heteroatoms. The molecule has 9 heavy (non-hydrogen) atoms. The van der Waals surface area contributed by atoms with Crippen molar-refractivity contribution < 1.29 is 15.0 Å². The average molecular weight is 131 g/mol. The second kappa shape index (κ2) is 2.33. The summed E-state index contributed by atoms with van der Waals surface area (Å²) in [6.45, 7) is 0.526. The normalized spacial score (nSPS) is 33.4. The van der Waals surface area contributed by atoms with E-state index in [0.717, 1.165) is 0 Å². The first kappa shape index (κ1) is 6.51. The zero-order valence-corrected chi connectivity index (χ0v) is 4.87. The molecule has 0 aromatic rings. The quantitative estimate of drug-likeness (QED) is 0.440. The Morgan fingerprint density at radius 2 is 2.44 bits per heavy atom. The van der Waals surface area contributed by atoms with Gasteiger partial charge < -0.3 is 15.5 Å². The molecule has 1 fully saturated rings. The minimum Gasteiger partial charge on any atom is -0.481 e. The van der Waals surface area contributed by atoms with Crippen molar-refractivity contribution in [2.75, 3.05) is 6.54 Å². The number of aliphatic hydroxyl groups excluding tert-OH is 1. The molecular weight excluding hydrogens is 122 g/mol. The van der Waals surface area contributed by atoms with Gasteiger partial charge in [-0.1, -0.05) is 0 Å². The topological polar surface area (TPSA) is 69.6 Å². The number of β-amino-alcohol motifs (C(OH)–C–C–N with tert-alkyl or cyclic N) is 1. The van der Waals surface area contributed by atoms with Gasteiger partial charge in [0, 0.05) is 12.6 Å². The fourth-order valence-electron chi connectivity index (χ4n) is 0.786. The number of nitrogens with one attached hydrogen (secondary N) is 1. The molecule has 1 aliphatic rings. The molecular formula is C5H9NO3. The summed E-state index contributed by atoms with van der Waals surface area (Å²) < 4.78 is 0. The lowest BCUT2D eigenvalue weighted by atomic mass is 10.0. The molecule has 1 heterocycles. The molecule has 0 radical (unpaired) electrons. The highest BCUT2D eigenvalue weighted by molar-refractivity contribution is 5.67. The van der Waals surface area contributed by atoms with Crippen LogP contribution in [0.25, 0.3) is 0 Å². The summed E-state index contributed by atoms with van der Waals surface area (Å²) in [6.07, 6.45) is -0.442. The van der Waals surface area contributed by atoms with E-state index in [1.54, 1.807) is 0 Å². The van der Waals surface area contributed by atoms with Crippen LogP contribution in [0.5, 0.6) is 0 Å². The van der Waals surface area contributed by atoms with Crippen LogP contribution in [0.3, 0.4) is 0 Å². The third-order valence-electron chi connectivity index (χ3n) is 1.45. The van der Waals surface area contributed by atoms with Crippen LogP contribution in [0, 0.1) is 0 Å². The Morgan fingerprint density at radius 3 is 2.56 bits per heavy atom. The predicted molar refractivity (Wildman–Crippen MR) is 30.1 cm³/mol. The summed E-state index contributed by atoms with van der Waals surface area (Å²) in [6, 6.07) is -0.220. The van der Waals surface area contributed by atoms with E-state index < -0.39 is 12.1 Å². The number of aliphatic hydroxyl groups is 1. The number of hydrogen-bond acceptors (Lipinski definition) is 3. The van der Waals surface area contributed by atoms with Crippen molar-refractivity contribution >= 4 is 5.97 Å². The van der Waals surface area contributed by atoms with Crippen molar-refractivity contribution in [1.82, 2.24) is 5.32 Å². The third-order valence-corrected chi connectivity index (χ3v) is 1.45. The average Bonchev–Trinajstić information content (AvgIpc) is 1.79. The minimum atomic E-state index is -0.869. The van der Waals surface area contributed by atoms with Gasteiger partial charge in [0.25, 0.3) is 0 Å². The fraction of sp³-hybridized carbons (Fsp3) is 0.800. The van der Waals surface area contributed by atoms with E-state index >= 15 is 0 Å². The van der Waals surface area contributed by atoms with Gasteiger partial charge >= 0.3 is 5.97 Å². The summed E-state index contributed by atoms with van der Waals surface area (Å²) in [5.74, 6) is -0.869. The van der Waals surface area contributed by atoms with Gasteiger partial charge in [0.1, 0.15) is 0 Å². The number of carbonyl (C=O) groups is 1. The Morgan fingerprint density at radius 1 is 1.78 bits per heavy atom. The molecule has 0 aliphatic carbocycles. The summed E-state index contributed by atoms with van der Waals surface area (Å²) in [5, 5.41) is 19.8. The van der Waals surface area contributed by atoms with Crippen LogP contribution in [0.4, 0.5) is 0 Å². The largest absolute Gasteiger partial charge is 0.481 e. The summed E-state index contributed by atoms with van der Waals surface area (Å²) in [5.41, 5.74) is 0. The molecule has 1 rings (SSSR count). The molecule has 1 saturated heterocycles. The van der Waals surface area contributed by atoms with Gasteiger partial charge in [-0.25, -0.2) is 0 Å². The first-order valence-corrected chi connectivity index (χ1v) is 2.83. The molecule has 4 nitrogen and oxygen atoms in total. The Kier molecular flexibility index (Phi) is 1.68. The second-order valence-corrected chi connectivity index (χ2v) is 2.18. The molecule has 0 aromatic heterocycles. The highest BCUT2D eigenvalue weighted by atomic mass is 16.4. The first-order chi connectivity index (χ1) is 4.20. The van der Waals surface area contributed by atoms with Crippen molar-refractivity contribution in [3.63, 3.8) is 0 Å². The van der Waals surface area contributed by atoms with Crippen molar-refractivity contribution in [2.24, 2.45) is 0 Å². The lowest BCUT2D eigenvalue weighted by molar-refractivity contribution is -0.139. The monoisotopic (exact) mass is 131 g/mol. The van der Waals surface area contributed by atoms with E-state index in [1.807, 2.05) is 0 Å². The lowest BCUT2D eigenvalue weighted by Gasteiger charge is -2.32. The van der Waals surface area contributed by atoms with Crippen LogP contribution in [0.2, 0.25) is 0 Å². The molecule has 52 valence electrons. The Bertz CT molecular complexity index is 125. The fourth-order valence-corrected chi connectivity index (χ4v) is 0.786. The zero-order valence-electron chi connectivity index (χ0n) is 4.87. The summed E-state index contributed by atoms with van der Waals surface area (Å²) >= 11 is 0. The van der Waals surface area contributed by atoms with Crippen LogP contribution >= 0.6 is 0 Å². The molecule has 2 atom stereocenters. The summed E-state index contributed by atoms with van der Waals surface area (Å²) in [4.78, 5) is 10.00. The van der Waals surface area contributed by atoms with Crippen molar-refractivity contribution in [1.29, 1.82) is 0 Å². The lowest BCUT2D eigenvalue weighted by Crippen LogP contribution is -2.57. The van der Waals surface area contributed by atoms with Gasteiger partial charge in [-0.3, -0.25) is 4.79 Å².